The van der Waals surface area contributed by atoms with E-state index in [9.17, 15) is 4.79 Å². The lowest BCUT2D eigenvalue weighted by atomic mass is 10.0. The standard InChI is InChI=1S/C6H13N2O/c1-4(2)3-5(7)6(8)9/h4-5,8H,3,7H2,1-2H3/t5-/m1/s1. The molecule has 0 fully saturated rings. The van der Waals surface area contributed by atoms with Crippen LogP contribution in [0.5, 0.6) is 0 Å². The second-order valence-corrected chi connectivity index (χ2v) is 2.60. The number of hydrogen-bond donors (Lipinski definition) is 1. The maximum Gasteiger partial charge on any atom is 0.255 e. The van der Waals surface area contributed by atoms with E-state index in [4.69, 9.17) is 11.5 Å². The summed E-state index contributed by atoms with van der Waals surface area (Å²) in [6.07, 6.45) is 0.613. The van der Waals surface area contributed by atoms with Crippen molar-refractivity contribution < 1.29 is 4.79 Å². The molecule has 9 heavy (non-hydrogen) atoms. The molecule has 0 aliphatic rings. The number of amides is 1. The fourth-order valence-corrected chi connectivity index (χ4v) is 0.615. The van der Waals surface area contributed by atoms with Crippen molar-refractivity contribution in [3.8, 4) is 0 Å². The highest BCUT2D eigenvalue weighted by Crippen LogP contribution is 2.01. The summed E-state index contributed by atoms with van der Waals surface area (Å²) in [5.41, 5.74) is 11.9. The second kappa shape index (κ2) is 3.45. The van der Waals surface area contributed by atoms with Crippen molar-refractivity contribution in [1.29, 1.82) is 0 Å². The third-order valence-electron chi connectivity index (χ3n) is 1.06. The molecule has 0 spiro atoms. The first kappa shape index (κ1) is 8.43. The van der Waals surface area contributed by atoms with Gasteiger partial charge >= 0.3 is 0 Å². The minimum Gasteiger partial charge on any atom is -0.320 e. The van der Waals surface area contributed by atoms with E-state index < -0.39 is 11.9 Å². The van der Waals surface area contributed by atoms with E-state index in [0.717, 1.165) is 0 Å². The minimum absolute atomic E-state index is 0.397. The predicted molar refractivity (Wildman–Crippen MR) is 35.5 cm³/mol. The number of carbonyl (C=O) groups excluding carboxylic acids is 1. The van der Waals surface area contributed by atoms with Gasteiger partial charge in [0.2, 0.25) is 0 Å². The molecule has 1 radical (unpaired) electrons. The summed E-state index contributed by atoms with van der Waals surface area (Å²) >= 11 is 0. The van der Waals surface area contributed by atoms with Crippen molar-refractivity contribution in [2.75, 3.05) is 0 Å². The van der Waals surface area contributed by atoms with Crippen LogP contribution in [0.1, 0.15) is 20.3 Å². The van der Waals surface area contributed by atoms with Crippen LogP contribution < -0.4 is 11.5 Å². The van der Waals surface area contributed by atoms with E-state index in [0.29, 0.717) is 12.3 Å². The average molecular weight is 129 g/mol. The number of nitrogens with two attached hydrogens (primary N) is 1. The molecule has 3 nitrogen and oxygen atoms in total. The molecule has 0 aromatic heterocycles. The maximum atomic E-state index is 10.2. The molecule has 3 N–H and O–H groups in total. The van der Waals surface area contributed by atoms with E-state index >= 15 is 0 Å². The molecule has 0 saturated heterocycles. The van der Waals surface area contributed by atoms with E-state index in [2.05, 4.69) is 0 Å². The molecule has 53 valence electrons. The van der Waals surface area contributed by atoms with Crippen molar-refractivity contribution in [3.63, 3.8) is 0 Å². The molecule has 1 atom stereocenters. The Morgan fingerprint density at radius 3 is 2.22 bits per heavy atom. The summed E-state index contributed by atoms with van der Waals surface area (Å²) in [5, 5.41) is 0. The van der Waals surface area contributed by atoms with Gasteiger partial charge in [-0.1, -0.05) is 13.8 Å². The van der Waals surface area contributed by atoms with Crippen LogP contribution in [0.15, 0.2) is 0 Å². The Kier molecular flexibility index (Phi) is 3.24. The van der Waals surface area contributed by atoms with Gasteiger partial charge < -0.3 is 5.73 Å². The Bertz CT molecular complexity index is 101. The van der Waals surface area contributed by atoms with Gasteiger partial charge in [-0.2, -0.15) is 0 Å². The third kappa shape index (κ3) is 3.97. The maximum absolute atomic E-state index is 10.2. The smallest absolute Gasteiger partial charge is 0.255 e. The third-order valence-corrected chi connectivity index (χ3v) is 1.06. The first-order valence-corrected chi connectivity index (χ1v) is 3.05. The number of hydrogen-bond acceptors (Lipinski definition) is 2. The number of nitrogens with one attached hydrogen (secondary N) is 1. The number of rotatable bonds is 3. The van der Waals surface area contributed by atoms with Crippen LogP contribution >= 0.6 is 0 Å². The van der Waals surface area contributed by atoms with Gasteiger partial charge in [-0.3, -0.25) is 10.5 Å². The van der Waals surface area contributed by atoms with Crippen LogP contribution in [0.4, 0.5) is 0 Å². The predicted octanol–water partition coefficient (Wildman–Crippen LogP) is 0.169. The molecule has 0 rings (SSSR count). The zero-order valence-electron chi connectivity index (χ0n) is 5.85. The summed E-state index contributed by atoms with van der Waals surface area (Å²) in [7, 11) is 0. The molecule has 3 heteroatoms. The van der Waals surface area contributed by atoms with E-state index in [-0.39, 0.29) is 0 Å². The van der Waals surface area contributed by atoms with Crippen molar-refractivity contribution in [2.24, 2.45) is 11.7 Å². The van der Waals surface area contributed by atoms with Crippen molar-refractivity contribution in [3.05, 3.63) is 0 Å². The molecule has 1 amide bonds. The van der Waals surface area contributed by atoms with Crippen molar-refractivity contribution in [2.45, 2.75) is 26.3 Å². The number of carbonyl (C=O) groups is 1. The van der Waals surface area contributed by atoms with Gasteiger partial charge in [-0.25, -0.2) is 0 Å². The van der Waals surface area contributed by atoms with Crippen molar-refractivity contribution in [1.82, 2.24) is 5.73 Å². The summed E-state index contributed by atoms with van der Waals surface area (Å²) in [4.78, 5) is 10.2. The minimum atomic E-state index is -0.663. The molecule has 0 aromatic carbocycles. The lowest BCUT2D eigenvalue weighted by Crippen LogP contribution is -2.32. The van der Waals surface area contributed by atoms with Crippen LogP contribution in [0, 0.1) is 5.92 Å². The van der Waals surface area contributed by atoms with Gasteiger partial charge in [0.15, 0.2) is 0 Å². The zero-order chi connectivity index (χ0) is 7.44. The first-order valence-electron chi connectivity index (χ1n) is 3.05. The van der Waals surface area contributed by atoms with Crippen LogP contribution in [0.25, 0.3) is 0 Å². The van der Waals surface area contributed by atoms with Gasteiger partial charge in [0.25, 0.3) is 5.91 Å². The van der Waals surface area contributed by atoms with Crippen LogP contribution in [0.2, 0.25) is 0 Å². The Labute approximate surface area is 55.4 Å². The largest absolute Gasteiger partial charge is 0.320 e. The second-order valence-electron chi connectivity index (χ2n) is 2.60. The monoisotopic (exact) mass is 129 g/mol. The fraction of sp³-hybridized carbons (Fsp3) is 0.833. The molecule has 0 saturated carbocycles. The normalized spacial score (nSPS) is 13.8. The Balaban J connectivity index is 3.50. The highest BCUT2D eigenvalue weighted by molar-refractivity contribution is 5.78. The average Bonchev–Trinajstić information content (AvgIpc) is 1.63. The van der Waals surface area contributed by atoms with Crippen LogP contribution in [-0.4, -0.2) is 11.9 Å². The Morgan fingerprint density at radius 1 is 1.67 bits per heavy atom. The zero-order valence-corrected chi connectivity index (χ0v) is 5.85. The highest BCUT2D eigenvalue weighted by Gasteiger charge is 2.10. The van der Waals surface area contributed by atoms with Crippen LogP contribution in [-0.2, 0) is 4.79 Å². The first-order chi connectivity index (χ1) is 4.04. The van der Waals surface area contributed by atoms with Gasteiger partial charge in [0, 0.05) is 0 Å². The molecule has 0 unspecified atom stereocenters. The molecule has 0 aliphatic carbocycles. The lowest BCUT2D eigenvalue weighted by Gasteiger charge is -2.07. The van der Waals surface area contributed by atoms with Crippen LogP contribution in [0.3, 0.4) is 0 Å². The molecule has 0 aliphatic heterocycles. The SMILES string of the molecule is CC(C)C[C@@H](N)C([NH])=O. The quantitative estimate of drug-likeness (QED) is 0.590. The molecule has 0 aromatic rings. The van der Waals surface area contributed by atoms with Crippen molar-refractivity contribution >= 4 is 5.91 Å². The van der Waals surface area contributed by atoms with E-state index in [1.165, 1.54) is 0 Å². The fourth-order valence-electron chi connectivity index (χ4n) is 0.615. The van der Waals surface area contributed by atoms with E-state index in [1.54, 1.807) is 0 Å². The van der Waals surface area contributed by atoms with E-state index in [1.807, 2.05) is 13.8 Å². The van der Waals surface area contributed by atoms with Gasteiger partial charge in [-0.05, 0) is 12.3 Å². The molecular weight excluding hydrogens is 116 g/mol. The summed E-state index contributed by atoms with van der Waals surface area (Å²) in [5.74, 6) is -0.266. The Morgan fingerprint density at radius 2 is 2.11 bits per heavy atom. The molecule has 0 heterocycles. The summed E-state index contributed by atoms with van der Waals surface area (Å²) in [6.45, 7) is 3.95. The molecule has 0 bridgehead atoms. The highest BCUT2D eigenvalue weighted by atomic mass is 16.1. The van der Waals surface area contributed by atoms with Gasteiger partial charge in [0.1, 0.15) is 0 Å². The summed E-state index contributed by atoms with van der Waals surface area (Å²) in [6, 6.07) is -0.579. The Hall–Kier alpha value is -0.570. The summed E-state index contributed by atoms with van der Waals surface area (Å²) < 4.78 is 0. The topological polar surface area (TPSA) is 66.9 Å². The molecular formula is C6H13N2O. The van der Waals surface area contributed by atoms with Gasteiger partial charge in [0.05, 0.1) is 6.04 Å². The van der Waals surface area contributed by atoms with Gasteiger partial charge in [-0.15, -0.1) is 0 Å². The lowest BCUT2D eigenvalue weighted by molar-refractivity contribution is -0.120.